The Kier molecular flexibility index (Phi) is 4.75. The average molecular weight is 213 g/mol. The molecule has 1 saturated heterocycles. The third-order valence-electron chi connectivity index (χ3n) is 2.34. The highest BCUT2D eigenvalue weighted by Gasteiger charge is 2.18. The summed E-state index contributed by atoms with van der Waals surface area (Å²) in [5.74, 6) is 0.483. The van der Waals surface area contributed by atoms with Crippen LogP contribution in [0.3, 0.4) is 0 Å². The average Bonchev–Trinajstić information content (AvgIpc) is 2.19. The fourth-order valence-corrected chi connectivity index (χ4v) is 1.45. The van der Waals surface area contributed by atoms with Gasteiger partial charge in [-0.15, -0.1) is 0 Å². The molecule has 0 aromatic carbocycles. The molecule has 0 bridgehead atoms. The molecule has 1 rings (SSSR count). The number of esters is 1. The van der Waals surface area contributed by atoms with Crippen LogP contribution in [0.5, 0.6) is 0 Å². The van der Waals surface area contributed by atoms with Crippen molar-refractivity contribution in [3.8, 4) is 0 Å². The molecule has 0 unspecified atom stereocenters. The fraction of sp³-hybridized carbons (Fsp3) is 0.818. The second kappa shape index (κ2) is 5.85. The molecular weight excluding hydrogens is 194 g/mol. The smallest absolute Gasteiger partial charge is 0.320 e. The van der Waals surface area contributed by atoms with Crippen molar-refractivity contribution < 1.29 is 14.3 Å². The van der Waals surface area contributed by atoms with Crippen molar-refractivity contribution in [1.82, 2.24) is 4.90 Å². The minimum atomic E-state index is -0.182. The van der Waals surface area contributed by atoms with E-state index in [0.717, 1.165) is 0 Å². The Hall–Kier alpha value is -0.900. The first kappa shape index (κ1) is 12.2. The van der Waals surface area contributed by atoms with Gasteiger partial charge in [-0.1, -0.05) is 13.8 Å². The Bertz CT molecular complexity index is 228. The molecule has 0 aromatic rings. The number of carbonyl (C=O) groups excluding carboxylic acids is 2. The molecule has 0 aromatic heterocycles. The summed E-state index contributed by atoms with van der Waals surface area (Å²) >= 11 is 0. The van der Waals surface area contributed by atoms with E-state index in [-0.39, 0.29) is 5.97 Å². The van der Waals surface area contributed by atoms with E-state index in [2.05, 4.69) is 0 Å². The predicted molar refractivity (Wildman–Crippen MR) is 56.5 cm³/mol. The van der Waals surface area contributed by atoms with Gasteiger partial charge in [0.1, 0.15) is 5.78 Å². The minimum Gasteiger partial charge on any atom is -0.464 e. The molecule has 1 heterocycles. The van der Waals surface area contributed by atoms with E-state index >= 15 is 0 Å². The fourth-order valence-electron chi connectivity index (χ4n) is 1.45. The molecule has 0 N–H and O–H groups in total. The van der Waals surface area contributed by atoms with E-state index in [9.17, 15) is 9.59 Å². The van der Waals surface area contributed by atoms with Crippen LogP contribution in [-0.4, -0.2) is 42.9 Å². The second-order valence-corrected chi connectivity index (χ2v) is 4.39. The number of ether oxygens (including phenoxy) is 1. The molecule has 0 amide bonds. The Balaban J connectivity index is 2.17. The maximum absolute atomic E-state index is 11.3. The summed E-state index contributed by atoms with van der Waals surface area (Å²) in [5.41, 5.74) is 0. The molecule has 1 aliphatic rings. The summed E-state index contributed by atoms with van der Waals surface area (Å²) in [6.45, 7) is 6.19. The first-order valence-electron chi connectivity index (χ1n) is 5.47. The van der Waals surface area contributed by atoms with Crippen molar-refractivity contribution in [2.24, 2.45) is 5.92 Å². The standard InChI is InChI=1S/C11H19NO3/c1-9(2)8-15-11(14)7-12-5-3-10(13)4-6-12/h9H,3-8H2,1-2H3. The van der Waals surface area contributed by atoms with E-state index in [0.29, 0.717) is 50.8 Å². The number of hydrogen-bond donors (Lipinski definition) is 0. The molecule has 0 saturated carbocycles. The maximum atomic E-state index is 11.3. The van der Waals surface area contributed by atoms with E-state index in [1.54, 1.807) is 0 Å². The predicted octanol–water partition coefficient (Wildman–Crippen LogP) is 0.851. The van der Waals surface area contributed by atoms with E-state index in [1.807, 2.05) is 18.7 Å². The van der Waals surface area contributed by atoms with Crippen molar-refractivity contribution in [2.45, 2.75) is 26.7 Å². The summed E-state index contributed by atoms with van der Waals surface area (Å²) in [6.07, 6.45) is 1.13. The number of piperidine rings is 1. The normalized spacial score (nSPS) is 18.2. The third kappa shape index (κ3) is 4.93. The molecule has 0 atom stereocenters. The van der Waals surface area contributed by atoms with Crippen molar-refractivity contribution in [1.29, 1.82) is 0 Å². The second-order valence-electron chi connectivity index (χ2n) is 4.39. The van der Waals surface area contributed by atoms with Crippen LogP contribution < -0.4 is 0 Å². The molecule has 0 spiro atoms. The molecule has 4 nitrogen and oxygen atoms in total. The van der Waals surface area contributed by atoms with Crippen molar-refractivity contribution in [3.05, 3.63) is 0 Å². The largest absolute Gasteiger partial charge is 0.464 e. The van der Waals surface area contributed by atoms with Gasteiger partial charge < -0.3 is 4.74 Å². The zero-order valence-corrected chi connectivity index (χ0v) is 9.49. The Morgan fingerprint density at radius 3 is 2.53 bits per heavy atom. The maximum Gasteiger partial charge on any atom is 0.320 e. The van der Waals surface area contributed by atoms with Gasteiger partial charge in [0.25, 0.3) is 0 Å². The van der Waals surface area contributed by atoms with Gasteiger partial charge in [0, 0.05) is 25.9 Å². The van der Waals surface area contributed by atoms with Gasteiger partial charge in [-0.2, -0.15) is 0 Å². The zero-order chi connectivity index (χ0) is 11.3. The van der Waals surface area contributed by atoms with E-state index in [4.69, 9.17) is 4.74 Å². The summed E-state index contributed by atoms with van der Waals surface area (Å²) in [4.78, 5) is 24.3. The summed E-state index contributed by atoms with van der Waals surface area (Å²) in [7, 11) is 0. The number of hydrogen-bond acceptors (Lipinski definition) is 4. The molecule has 0 radical (unpaired) electrons. The lowest BCUT2D eigenvalue weighted by atomic mass is 10.1. The SMILES string of the molecule is CC(C)COC(=O)CN1CCC(=O)CC1. The number of rotatable bonds is 4. The summed E-state index contributed by atoms with van der Waals surface area (Å²) < 4.78 is 5.07. The molecule has 15 heavy (non-hydrogen) atoms. The lowest BCUT2D eigenvalue weighted by Gasteiger charge is -2.24. The number of carbonyl (C=O) groups is 2. The summed E-state index contributed by atoms with van der Waals surface area (Å²) in [5, 5.41) is 0. The van der Waals surface area contributed by atoms with Gasteiger partial charge in [0.05, 0.1) is 13.2 Å². The van der Waals surface area contributed by atoms with Gasteiger partial charge >= 0.3 is 5.97 Å². The lowest BCUT2D eigenvalue weighted by Crippen LogP contribution is -2.38. The zero-order valence-electron chi connectivity index (χ0n) is 9.49. The van der Waals surface area contributed by atoms with Crippen molar-refractivity contribution >= 4 is 11.8 Å². The first-order valence-corrected chi connectivity index (χ1v) is 5.47. The third-order valence-corrected chi connectivity index (χ3v) is 2.34. The molecule has 4 heteroatoms. The van der Waals surface area contributed by atoms with Crippen LogP contribution in [0.25, 0.3) is 0 Å². The highest BCUT2D eigenvalue weighted by Crippen LogP contribution is 2.05. The van der Waals surface area contributed by atoms with Crippen LogP contribution in [0.1, 0.15) is 26.7 Å². The van der Waals surface area contributed by atoms with Crippen LogP contribution in [0.15, 0.2) is 0 Å². The number of nitrogens with zero attached hydrogens (tertiary/aromatic N) is 1. The monoisotopic (exact) mass is 213 g/mol. The Labute approximate surface area is 90.6 Å². The molecule has 0 aliphatic carbocycles. The van der Waals surface area contributed by atoms with Crippen LogP contribution in [-0.2, 0) is 14.3 Å². The van der Waals surface area contributed by atoms with Crippen molar-refractivity contribution in [3.63, 3.8) is 0 Å². The van der Waals surface area contributed by atoms with Crippen LogP contribution in [0, 0.1) is 5.92 Å². The minimum absolute atomic E-state index is 0.182. The van der Waals surface area contributed by atoms with Crippen molar-refractivity contribution in [2.75, 3.05) is 26.2 Å². The van der Waals surface area contributed by atoms with Gasteiger partial charge in [0.15, 0.2) is 0 Å². The van der Waals surface area contributed by atoms with Gasteiger partial charge in [-0.05, 0) is 5.92 Å². The Morgan fingerprint density at radius 2 is 2.00 bits per heavy atom. The molecular formula is C11H19NO3. The Morgan fingerprint density at radius 1 is 1.40 bits per heavy atom. The van der Waals surface area contributed by atoms with Crippen LogP contribution in [0.2, 0.25) is 0 Å². The lowest BCUT2D eigenvalue weighted by molar-refractivity contribution is -0.146. The van der Waals surface area contributed by atoms with Gasteiger partial charge in [-0.25, -0.2) is 0 Å². The number of Topliss-reactive ketones (excluding diaryl/α,β-unsaturated/α-hetero) is 1. The number of likely N-dealkylation sites (tertiary alicyclic amines) is 1. The highest BCUT2D eigenvalue weighted by molar-refractivity contribution is 5.80. The van der Waals surface area contributed by atoms with Crippen LogP contribution in [0.4, 0.5) is 0 Å². The van der Waals surface area contributed by atoms with E-state index in [1.165, 1.54) is 0 Å². The number of ketones is 1. The van der Waals surface area contributed by atoms with Crippen LogP contribution >= 0.6 is 0 Å². The van der Waals surface area contributed by atoms with Gasteiger partial charge in [-0.3, -0.25) is 14.5 Å². The quantitative estimate of drug-likeness (QED) is 0.649. The highest BCUT2D eigenvalue weighted by atomic mass is 16.5. The molecule has 1 fully saturated rings. The van der Waals surface area contributed by atoms with Gasteiger partial charge in [0.2, 0.25) is 0 Å². The van der Waals surface area contributed by atoms with E-state index < -0.39 is 0 Å². The molecule has 86 valence electrons. The summed E-state index contributed by atoms with van der Waals surface area (Å²) in [6, 6.07) is 0. The molecule has 1 aliphatic heterocycles. The first-order chi connectivity index (χ1) is 7.08. The topological polar surface area (TPSA) is 46.6 Å².